The summed E-state index contributed by atoms with van der Waals surface area (Å²) >= 11 is 0. The fourth-order valence-corrected chi connectivity index (χ4v) is 3.84. The molecule has 2 fully saturated rings. The summed E-state index contributed by atoms with van der Waals surface area (Å²) in [6.45, 7) is 10.1. The second-order valence-electron chi connectivity index (χ2n) is 7.54. The van der Waals surface area contributed by atoms with Gasteiger partial charge in [0.1, 0.15) is 5.82 Å². The van der Waals surface area contributed by atoms with Crippen LogP contribution in [0.5, 0.6) is 0 Å². The molecule has 2 aliphatic rings. The van der Waals surface area contributed by atoms with Gasteiger partial charge < -0.3 is 14.7 Å². The first-order valence-electron chi connectivity index (χ1n) is 10.0. The van der Waals surface area contributed by atoms with Gasteiger partial charge in [-0.2, -0.15) is 4.98 Å². The van der Waals surface area contributed by atoms with Crippen LogP contribution in [0.25, 0.3) is 0 Å². The Bertz CT molecular complexity index is 783. The number of carbonyl (C=O) groups excluding carboxylic acids is 1. The minimum Gasteiger partial charge on any atom is -0.353 e. The van der Waals surface area contributed by atoms with Crippen molar-refractivity contribution in [3.05, 3.63) is 47.7 Å². The number of anilines is 2. The quantitative estimate of drug-likeness (QED) is 0.731. The van der Waals surface area contributed by atoms with Gasteiger partial charge in [-0.25, -0.2) is 4.98 Å². The lowest BCUT2D eigenvalue weighted by Gasteiger charge is -2.36. The molecule has 0 aliphatic carbocycles. The van der Waals surface area contributed by atoms with Crippen molar-refractivity contribution in [3.63, 3.8) is 0 Å². The van der Waals surface area contributed by atoms with Crippen LogP contribution < -0.4 is 9.80 Å². The van der Waals surface area contributed by atoms with Crippen LogP contribution in [0.1, 0.15) is 11.3 Å². The van der Waals surface area contributed by atoms with E-state index in [2.05, 4.69) is 45.0 Å². The molecule has 1 amide bonds. The zero-order valence-corrected chi connectivity index (χ0v) is 16.5. The van der Waals surface area contributed by atoms with E-state index in [0.29, 0.717) is 0 Å². The lowest BCUT2D eigenvalue weighted by Crippen LogP contribution is -2.47. The molecule has 4 rings (SSSR count). The van der Waals surface area contributed by atoms with Gasteiger partial charge in [-0.15, -0.1) is 0 Å². The van der Waals surface area contributed by atoms with Gasteiger partial charge in [0.25, 0.3) is 0 Å². The summed E-state index contributed by atoms with van der Waals surface area (Å²) in [7, 11) is 0. The second-order valence-corrected chi connectivity index (χ2v) is 7.54. The molecule has 28 heavy (non-hydrogen) atoms. The summed E-state index contributed by atoms with van der Waals surface area (Å²) in [5, 5.41) is 0. The summed E-state index contributed by atoms with van der Waals surface area (Å²) in [5.74, 6) is 1.80. The van der Waals surface area contributed by atoms with E-state index in [1.54, 1.807) is 0 Å². The van der Waals surface area contributed by atoms with Gasteiger partial charge in [0.2, 0.25) is 12.4 Å². The van der Waals surface area contributed by atoms with Crippen LogP contribution in [0.2, 0.25) is 0 Å². The van der Waals surface area contributed by atoms with E-state index in [1.165, 1.54) is 5.56 Å². The molecule has 0 unspecified atom stereocenters. The first-order valence-corrected chi connectivity index (χ1v) is 10.0. The Morgan fingerprint density at radius 3 is 2.25 bits per heavy atom. The number of aromatic nitrogens is 2. The lowest BCUT2D eigenvalue weighted by molar-refractivity contribution is -0.118. The van der Waals surface area contributed by atoms with E-state index in [1.807, 2.05) is 17.9 Å². The second kappa shape index (κ2) is 8.56. The van der Waals surface area contributed by atoms with Crippen LogP contribution in [0.3, 0.4) is 0 Å². The lowest BCUT2D eigenvalue weighted by atomic mass is 10.2. The number of carbonyl (C=O) groups is 1. The van der Waals surface area contributed by atoms with Gasteiger partial charge in [-0.1, -0.05) is 30.3 Å². The third-order valence-corrected chi connectivity index (χ3v) is 5.52. The first-order chi connectivity index (χ1) is 13.7. The normalized spacial score (nSPS) is 18.4. The first kappa shape index (κ1) is 18.7. The van der Waals surface area contributed by atoms with Crippen LogP contribution in [-0.2, 0) is 11.3 Å². The van der Waals surface area contributed by atoms with Crippen molar-refractivity contribution in [2.24, 2.45) is 0 Å². The number of aryl methyl sites for hydroxylation is 1. The van der Waals surface area contributed by atoms with Crippen molar-refractivity contribution in [1.29, 1.82) is 0 Å². The summed E-state index contributed by atoms with van der Waals surface area (Å²) in [5.41, 5.74) is 2.35. The van der Waals surface area contributed by atoms with E-state index in [0.717, 1.165) is 82.8 Å². The van der Waals surface area contributed by atoms with Crippen molar-refractivity contribution in [1.82, 2.24) is 19.8 Å². The van der Waals surface area contributed by atoms with Crippen LogP contribution in [0.4, 0.5) is 11.8 Å². The molecule has 0 saturated carbocycles. The largest absolute Gasteiger partial charge is 0.353 e. The zero-order valence-electron chi connectivity index (χ0n) is 16.5. The van der Waals surface area contributed by atoms with Gasteiger partial charge in [0, 0.05) is 70.7 Å². The molecule has 0 atom stereocenters. The van der Waals surface area contributed by atoms with Gasteiger partial charge in [-0.3, -0.25) is 9.69 Å². The number of nitrogens with zero attached hydrogens (tertiary/aromatic N) is 6. The molecule has 2 aliphatic heterocycles. The highest BCUT2D eigenvalue weighted by Crippen LogP contribution is 2.20. The topological polar surface area (TPSA) is 55.8 Å². The van der Waals surface area contributed by atoms with Crippen molar-refractivity contribution < 1.29 is 4.79 Å². The molecule has 1 aromatic carbocycles. The molecule has 0 spiro atoms. The van der Waals surface area contributed by atoms with E-state index in [-0.39, 0.29) is 0 Å². The zero-order chi connectivity index (χ0) is 19.3. The number of piperazine rings is 2. The minimum atomic E-state index is 0.750. The Hall–Kier alpha value is -2.67. The van der Waals surface area contributed by atoms with Crippen molar-refractivity contribution >= 4 is 18.2 Å². The Morgan fingerprint density at radius 2 is 1.57 bits per heavy atom. The fourth-order valence-electron chi connectivity index (χ4n) is 3.84. The molecule has 2 aromatic rings. The standard InChI is InChI=1S/C21H28N6O/c1-18-15-20(26-11-9-25(17-28)10-12-26)23-21(22-18)27-13-7-24(8-14-27)16-19-5-3-2-4-6-19/h2-6,15,17H,7-14,16H2,1H3. The van der Waals surface area contributed by atoms with Crippen molar-refractivity contribution in [2.45, 2.75) is 13.5 Å². The monoisotopic (exact) mass is 380 g/mol. The number of hydrogen-bond donors (Lipinski definition) is 0. The van der Waals surface area contributed by atoms with E-state index < -0.39 is 0 Å². The molecule has 148 valence electrons. The highest BCUT2D eigenvalue weighted by atomic mass is 16.1. The Morgan fingerprint density at radius 1 is 0.893 bits per heavy atom. The van der Waals surface area contributed by atoms with Crippen LogP contribution in [0.15, 0.2) is 36.4 Å². The number of rotatable bonds is 5. The maximum absolute atomic E-state index is 10.9. The van der Waals surface area contributed by atoms with Gasteiger partial charge in [0.15, 0.2) is 0 Å². The highest BCUT2D eigenvalue weighted by molar-refractivity contribution is 5.50. The molecule has 0 N–H and O–H groups in total. The number of hydrogen-bond acceptors (Lipinski definition) is 6. The predicted octanol–water partition coefficient (Wildman–Crippen LogP) is 1.39. The Labute approximate surface area is 166 Å². The highest BCUT2D eigenvalue weighted by Gasteiger charge is 2.22. The minimum absolute atomic E-state index is 0.750. The summed E-state index contributed by atoms with van der Waals surface area (Å²) in [6.07, 6.45) is 0.933. The van der Waals surface area contributed by atoms with Crippen LogP contribution >= 0.6 is 0 Å². The van der Waals surface area contributed by atoms with E-state index in [4.69, 9.17) is 9.97 Å². The van der Waals surface area contributed by atoms with E-state index in [9.17, 15) is 4.79 Å². The molecular formula is C21H28N6O. The summed E-state index contributed by atoms with van der Waals surface area (Å²) in [4.78, 5) is 29.3. The fraction of sp³-hybridized carbons (Fsp3) is 0.476. The van der Waals surface area contributed by atoms with Gasteiger partial charge in [-0.05, 0) is 12.5 Å². The molecular weight excluding hydrogens is 352 g/mol. The molecule has 7 nitrogen and oxygen atoms in total. The maximum atomic E-state index is 10.9. The van der Waals surface area contributed by atoms with Gasteiger partial charge in [0.05, 0.1) is 0 Å². The molecule has 2 saturated heterocycles. The third-order valence-electron chi connectivity index (χ3n) is 5.52. The Kier molecular flexibility index (Phi) is 5.71. The average molecular weight is 380 g/mol. The van der Waals surface area contributed by atoms with Crippen LogP contribution in [-0.4, -0.2) is 78.5 Å². The summed E-state index contributed by atoms with van der Waals surface area (Å²) in [6, 6.07) is 12.7. The van der Waals surface area contributed by atoms with Gasteiger partial charge >= 0.3 is 0 Å². The Balaban J connectivity index is 1.38. The maximum Gasteiger partial charge on any atom is 0.227 e. The van der Waals surface area contributed by atoms with E-state index >= 15 is 0 Å². The number of amides is 1. The molecule has 3 heterocycles. The SMILES string of the molecule is Cc1cc(N2CCN(C=O)CC2)nc(N2CCN(Cc3ccccc3)CC2)n1. The molecule has 0 bridgehead atoms. The smallest absolute Gasteiger partial charge is 0.227 e. The number of benzene rings is 1. The third kappa shape index (κ3) is 4.42. The van der Waals surface area contributed by atoms with Crippen molar-refractivity contribution in [2.75, 3.05) is 62.2 Å². The average Bonchev–Trinajstić information content (AvgIpc) is 2.75. The molecule has 1 aromatic heterocycles. The summed E-state index contributed by atoms with van der Waals surface area (Å²) < 4.78 is 0. The molecule has 0 radical (unpaired) electrons. The van der Waals surface area contributed by atoms with Crippen molar-refractivity contribution in [3.8, 4) is 0 Å². The molecule has 7 heteroatoms. The van der Waals surface area contributed by atoms with Crippen LogP contribution in [0, 0.1) is 6.92 Å². The predicted molar refractivity (Wildman–Crippen MR) is 111 cm³/mol.